The number of nitrogens with zero attached hydrogens (tertiary/aromatic N) is 3. The fraction of sp³-hybridized carbons (Fsp3) is 0.500. The third-order valence-corrected chi connectivity index (χ3v) is 3.40. The van der Waals surface area contributed by atoms with Crippen LogP contribution in [0.5, 0.6) is 0 Å². The van der Waals surface area contributed by atoms with E-state index in [-0.39, 0.29) is 11.3 Å². The van der Waals surface area contributed by atoms with Crippen molar-refractivity contribution in [3.05, 3.63) is 33.9 Å². The highest BCUT2D eigenvalue weighted by Crippen LogP contribution is 2.21. The van der Waals surface area contributed by atoms with Gasteiger partial charge in [0.2, 0.25) is 0 Å². The van der Waals surface area contributed by atoms with E-state index >= 15 is 0 Å². The Morgan fingerprint density at radius 2 is 2.19 bits per heavy atom. The van der Waals surface area contributed by atoms with Gasteiger partial charge in [0.15, 0.2) is 0 Å². The van der Waals surface area contributed by atoms with Gasteiger partial charge in [-0.2, -0.15) is 5.26 Å². The Morgan fingerprint density at radius 1 is 1.43 bits per heavy atom. The molecule has 1 aliphatic heterocycles. The second-order valence-electron chi connectivity index (χ2n) is 4.84. The lowest BCUT2D eigenvalue weighted by Gasteiger charge is -2.26. The zero-order chi connectivity index (χ0) is 15.1. The Balaban J connectivity index is 1.80. The van der Waals surface area contributed by atoms with E-state index in [9.17, 15) is 10.1 Å². The second-order valence-corrected chi connectivity index (χ2v) is 4.84. The normalized spacial score (nSPS) is 15.4. The van der Waals surface area contributed by atoms with E-state index in [2.05, 4.69) is 10.2 Å². The Bertz CT molecular complexity index is 536. The number of ether oxygens (including phenoxy) is 1. The largest absolute Gasteiger partial charge is 0.385 e. The number of nitrogens with one attached hydrogen (secondary N) is 1. The zero-order valence-electron chi connectivity index (χ0n) is 11.7. The standard InChI is InChI=1S/C14H18N4O3/c15-11-12-10-13(2-3-14(12)18(19)20)16-4-1-5-17-6-8-21-9-7-17/h2-3,10,16H,1,4-9H2. The van der Waals surface area contributed by atoms with Crippen molar-refractivity contribution in [3.8, 4) is 6.07 Å². The quantitative estimate of drug-likeness (QED) is 0.486. The van der Waals surface area contributed by atoms with Gasteiger partial charge in [0, 0.05) is 31.4 Å². The number of nitro benzene ring substituents is 1. The lowest BCUT2D eigenvalue weighted by molar-refractivity contribution is -0.385. The molecule has 0 unspecified atom stereocenters. The van der Waals surface area contributed by atoms with Gasteiger partial charge in [-0.15, -0.1) is 0 Å². The van der Waals surface area contributed by atoms with Crippen LogP contribution in [0.4, 0.5) is 11.4 Å². The monoisotopic (exact) mass is 290 g/mol. The smallest absolute Gasteiger partial charge is 0.287 e. The number of hydrogen-bond acceptors (Lipinski definition) is 6. The third-order valence-electron chi connectivity index (χ3n) is 3.40. The highest BCUT2D eigenvalue weighted by Gasteiger charge is 2.13. The molecular formula is C14H18N4O3. The first-order chi connectivity index (χ1) is 10.2. The van der Waals surface area contributed by atoms with Crippen LogP contribution in [0.3, 0.4) is 0 Å². The van der Waals surface area contributed by atoms with Crippen molar-refractivity contribution < 1.29 is 9.66 Å². The fourth-order valence-corrected chi connectivity index (χ4v) is 2.25. The fourth-order valence-electron chi connectivity index (χ4n) is 2.25. The van der Waals surface area contributed by atoms with Crippen molar-refractivity contribution >= 4 is 11.4 Å². The number of morpholine rings is 1. The van der Waals surface area contributed by atoms with Gasteiger partial charge < -0.3 is 10.1 Å². The summed E-state index contributed by atoms with van der Waals surface area (Å²) < 4.78 is 5.29. The highest BCUT2D eigenvalue weighted by molar-refractivity contribution is 5.58. The molecule has 0 amide bonds. The molecule has 112 valence electrons. The Morgan fingerprint density at radius 3 is 2.86 bits per heavy atom. The van der Waals surface area contributed by atoms with E-state index in [4.69, 9.17) is 10.00 Å². The van der Waals surface area contributed by atoms with Crippen LogP contribution in [0.25, 0.3) is 0 Å². The number of rotatable bonds is 6. The van der Waals surface area contributed by atoms with Gasteiger partial charge in [0.25, 0.3) is 5.69 Å². The molecule has 1 saturated heterocycles. The van der Waals surface area contributed by atoms with Crippen molar-refractivity contribution in [1.29, 1.82) is 5.26 Å². The molecule has 0 saturated carbocycles. The minimum absolute atomic E-state index is 0.0816. The van der Waals surface area contributed by atoms with Gasteiger partial charge in [-0.3, -0.25) is 15.0 Å². The molecule has 1 aromatic rings. The van der Waals surface area contributed by atoms with Crippen LogP contribution >= 0.6 is 0 Å². The molecule has 7 nitrogen and oxygen atoms in total. The summed E-state index contributed by atoms with van der Waals surface area (Å²) in [4.78, 5) is 12.6. The summed E-state index contributed by atoms with van der Waals surface area (Å²) in [6.45, 7) is 5.28. The number of nitriles is 1. The number of nitro groups is 1. The predicted octanol–water partition coefficient (Wildman–Crippen LogP) is 1.60. The van der Waals surface area contributed by atoms with Crippen molar-refractivity contribution in [2.45, 2.75) is 6.42 Å². The lowest BCUT2D eigenvalue weighted by atomic mass is 10.1. The van der Waals surface area contributed by atoms with Crippen molar-refractivity contribution in [3.63, 3.8) is 0 Å². The van der Waals surface area contributed by atoms with Gasteiger partial charge in [-0.25, -0.2) is 0 Å². The SMILES string of the molecule is N#Cc1cc(NCCCN2CCOCC2)ccc1[N+](=O)[O-]. The van der Waals surface area contributed by atoms with Crippen molar-refractivity contribution in [1.82, 2.24) is 4.90 Å². The predicted molar refractivity (Wildman–Crippen MR) is 78.2 cm³/mol. The second kappa shape index (κ2) is 7.57. The van der Waals surface area contributed by atoms with Crippen LogP contribution < -0.4 is 5.32 Å². The molecule has 1 fully saturated rings. The topological polar surface area (TPSA) is 91.4 Å². The zero-order valence-corrected chi connectivity index (χ0v) is 11.7. The van der Waals surface area contributed by atoms with E-state index in [0.717, 1.165) is 51.5 Å². The van der Waals surface area contributed by atoms with Crippen molar-refractivity contribution in [2.75, 3.05) is 44.7 Å². The minimum Gasteiger partial charge on any atom is -0.385 e. The number of benzene rings is 1. The first-order valence-electron chi connectivity index (χ1n) is 6.93. The Labute approximate surface area is 123 Å². The molecule has 1 aliphatic rings. The van der Waals surface area contributed by atoms with Crippen LogP contribution in [0.1, 0.15) is 12.0 Å². The van der Waals surface area contributed by atoms with E-state index < -0.39 is 4.92 Å². The average Bonchev–Trinajstić information content (AvgIpc) is 2.52. The first kappa shape index (κ1) is 15.2. The molecule has 0 spiro atoms. The summed E-state index contributed by atoms with van der Waals surface area (Å²) >= 11 is 0. The average molecular weight is 290 g/mol. The number of hydrogen-bond donors (Lipinski definition) is 1. The van der Waals surface area contributed by atoms with E-state index in [1.807, 2.05) is 6.07 Å². The Hall–Kier alpha value is -2.17. The van der Waals surface area contributed by atoms with Crippen LogP contribution in [0.15, 0.2) is 18.2 Å². The summed E-state index contributed by atoms with van der Waals surface area (Å²) in [7, 11) is 0. The maximum atomic E-state index is 10.7. The molecule has 1 aromatic carbocycles. The summed E-state index contributed by atoms with van der Waals surface area (Å²) in [5.74, 6) is 0. The van der Waals surface area contributed by atoms with Gasteiger partial charge >= 0.3 is 0 Å². The molecule has 2 rings (SSSR count). The molecule has 0 bridgehead atoms. The molecule has 21 heavy (non-hydrogen) atoms. The first-order valence-corrected chi connectivity index (χ1v) is 6.93. The van der Waals surface area contributed by atoms with Crippen LogP contribution in [-0.2, 0) is 4.74 Å². The summed E-state index contributed by atoms with van der Waals surface area (Å²) in [6.07, 6.45) is 0.971. The van der Waals surface area contributed by atoms with E-state index in [0.29, 0.717) is 0 Å². The van der Waals surface area contributed by atoms with Gasteiger partial charge in [-0.05, 0) is 25.1 Å². The van der Waals surface area contributed by atoms with Crippen LogP contribution in [0, 0.1) is 21.4 Å². The lowest BCUT2D eigenvalue weighted by Crippen LogP contribution is -2.37. The summed E-state index contributed by atoms with van der Waals surface area (Å²) in [5, 5.41) is 22.9. The maximum absolute atomic E-state index is 10.7. The van der Waals surface area contributed by atoms with E-state index in [1.54, 1.807) is 6.07 Å². The summed E-state index contributed by atoms with van der Waals surface area (Å²) in [5.41, 5.74) is 0.661. The summed E-state index contributed by atoms with van der Waals surface area (Å²) in [6, 6.07) is 6.37. The maximum Gasteiger partial charge on any atom is 0.287 e. The molecular weight excluding hydrogens is 272 g/mol. The molecule has 1 N–H and O–H groups in total. The van der Waals surface area contributed by atoms with Gasteiger partial charge in [0.1, 0.15) is 11.6 Å². The third kappa shape index (κ3) is 4.41. The molecule has 7 heteroatoms. The van der Waals surface area contributed by atoms with Gasteiger partial charge in [-0.1, -0.05) is 0 Å². The molecule has 0 aliphatic carbocycles. The van der Waals surface area contributed by atoms with Crippen molar-refractivity contribution in [2.24, 2.45) is 0 Å². The number of anilines is 1. The molecule has 0 radical (unpaired) electrons. The molecule has 1 heterocycles. The molecule has 0 aromatic heterocycles. The van der Waals surface area contributed by atoms with Crippen LogP contribution in [-0.4, -0.2) is 49.2 Å². The van der Waals surface area contributed by atoms with Crippen LogP contribution in [0.2, 0.25) is 0 Å². The Kier molecular flexibility index (Phi) is 5.49. The molecule has 0 atom stereocenters. The van der Waals surface area contributed by atoms with Gasteiger partial charge in [0.05, 0.1) is 18.1 Å². The minimum atomic E-state index is -0.541. The van der Waals surface area contributed by atoms with E-state index in [1.165, 1.54) is 12.1 Å². The highest BCUT2D eigenvalue weighted by atomic mass is 16.6.